The van der Waals surface area contributed by atoms with Crippen molar-refractivity contribution in [1.82, 2.24) is 0 Å². The number of allylic oxidation sites excluding steroid dienone is 3. The van der Waals surface area contributed by atoms with Crippen LogP contribution in [0.25, 0.3) is 0 Å². The number of fused-ring (bicyclic) bond motifs is 1. The fraction of sp³-hybridized carbons (Fsp3) is 0.750. The molecule has 5 nitrogen and oxygen atoms in total. The zero-order valence-corrected chi connectivity index (χ0v) is 21.1. The summed E-state index contributed by atoms with van der Waals surface area (Å²) >= 11 is 0. The second-order valence-electron chi connectivity index (χ2n) is 9.36. The van der Waals surface area contributed by atoms with Crippen LogP contribution in [0.2, 0.25) is 0 Å². The Balaban J connectivity index is 0.00000320. The number of carbonyl (C=O) groups excluding carboxylic acids is 2. The van der Waals surface area contributed by atoms with Crippen LogP contribution in [0, 0.1) is 29.6 Å². The number of rotatable bonds is 6. The minimum atomic E-state index is -0.597. The van der Waals surface area contributed by atoms with Crippen molar-refractivity contribution >= 4 is 49.7 Å². The molecule has 1 heterocycles. The molecule has 1 N–H and O–H groups in total. The maximum absolute atomic E-state index is 12.5. The number of aliphatic hydroxyl groups is 1. The summed E-state index contributed by atoms with van der Waals surface area (Å²) in [5.74, 6) is 0.755. The van der Waals surface area contributed by atoms with Gasteiger partial charge in [-0.3, -0.25) is 9.59 Å². The van der Waals surface area contributed by atoms with Gasteiger partial charge in [0.05, 0.1) is 18.4 Å². The molecule has 0 unspecified atom stereocenters. The Bertz CT molecular complexity index is 683. The molecule has 1 fully saturated rings. The normalized spacial score (nSPS) is 36.6. The van der Waals surface area contributed by atoms with E-state index in [1.165, 1.54) is 5.57 Å². The Morgan fingerprint density at radius 3 is 2.73 bits per heavy atom. The number of aliphatic hydroxyl groups excluding tert-OH is 1. The summed E-state index contributed by atoms with van der Waals surface area (Å²) in [5, 5.41) is 9.89. The van der Waals surface area contributed by atoms with Crippen molar-refractivity contribution in [2.24, 2.45) is 29.6 Å². The number of ether oxygens (including phenoxy) is 2. The maximum Gasteiger partial charge on any atom is 2.00 e. The van der Waals surface area contributed by atoms with E-state index in [0.29, 0.717) is 24.2 Å². The third-order valence-corrected chi connectivity index (χ3v) is 6.93. The van der Waals surface area contributed by atoms with Gasteiger partial charge in [0.25, 0.3) is 0 Å². The third-order valence-electron chi connectivity index (χ3n) is 6.93. The van der Waals surface area contributed by atoms with Crippen molar-refractivity contribution in [2.75, 3.05) is 0 Å². The molecule has 0 aromatic rings. The van der Waals surface area contributed by atoms with Gasteiger partial charge in [0.1, 0.15) is 12.2 Å². The molecule has 2 aliphatic carbocycles. The fourth-order valence-electron chi connectivity index (χ4n) is 5.07. The second kappa shape index (κ2) is 11.5. The van der Waals surface area contributed by atoms with Gasteiger partial charge in [-0.2, -0.15) is 0 Å². The van der Waals surface area contributed by atoms with Crippen molar-refractivity contribution in [3.63, 3.8) is 0 Å². The molecule has 30 heavy (non-hydrogen) atoms. The molecule has 3 rings (SSSR count). The number of hydrogen-bond acceptors (Lipinski definition) is 5. The number of cyclic esters (lactones) is 1. The molecule has 0 amide bonds. The van der Waals surface area contributed by atoms with E-state index in [0.717, 1.165) is 25.7 Å². The van der Waals surface area contributed by atoms with Crippen LogP contribution in [-0.2, 0) is 19.1 Å². The van der Waals surface area contributed by atoms with Crippen molar-refractivity contribution in [3.8, 4) is 0 Å². The summed E-state index contributed by atoms with van der Waals surface area (Å²) in [7, 11) is 0. The van der Waals surface area contributed by atoms with Crippen LogP contribution in [0.3, 0.4) is 0 Å². The largest absolute Gasteiger partial charge is 2.00 e. The predicted octanol–water partition coefficient (Wildman–Crippen LogP) is 4.04. The number of esters is 2. The second-order valence-corrected chi connectivity index (χ2v) is 9.36. The van der Waals surface area contributed by atoms with Crippen LogP contribution < -0.4 is 0 Å². The van der Waals surface area contributed by atoms with Crippen LogP contribution in [0.5, 0.6) is 0 Å². The van der Waals surface area contributed by atoms with Gasteiger partial charge >= 0.3 is 49.7 Å². The van der Waals surface area contributed by atoms with E-state index in [4.69, 9.17) is 9.47 Å². The van der Waals surface area contributed by atoms with E-state index in [1.807, 2.05) is 13.8 Å². The molecule has 8 atom stereocenters. The molecule has 0 spiro atoms. The van der Waals surface area contributed by atoms with Crippen molar-refractivity contribution < 1.29 is 27.0 Å². The molecule has 0 bridgehead atoms. The summed E-state index contributed by atoms with van der Waals surface area (Å²) in [6.07, 6.45) is 9.70. The molecule has 0 radical (unpaired) electrons. The van der Waals surface area contributed by atoms with Crippen LogP contribution in [0.4, 0.5) is 0 Å². The summed E-state index contributed by atoms with van der Waals surface area (Å²) in [6.45, 7) is 8.33. The van der Waals surface area contributed by atoms with Gasteiger partial charge in [-0.05, 0) is 49.0 Å². The Kier molecular flexibility index (Phi) is 9.92. The first-order chi connectivity index (χ1) is 13.8. The van der Waals surface area contributed by atoms with Crippen LogP contribution >= 0.6 is 0 Å². The van der Waals surface area contributed by atoms with Gasteiger partial charge in [0.2, 0.25) is 0 Å². The average Bonchev–Trinajstić information content (AvgIpc) is 2.65. The minimum Gasteiger partial charge on any atom is -1.00 e. The van der Waals surface area contributed by atoms with E-state index in [9.17, 15) is 14.7 Å². The monoisotopic (exact) mass is 446 g/mol. The first kappa shape index (κ1) is 25.9. The van der Waals surface area contributed by atoms with Gasteiger partial charge in [-0.15, -0.1) is 0 Å². The molecule has 1 saturated heterocycles. The molecule has 1 aliphatic heterocycles. The van der Waals surface area contributed by atoms with Crippen LogP contribution in [0.15, 0.2) is 23.8 Å². The van der Waals surface area contributed by atoms with E-state index >= 15 is 0 Å². The molecule has 6 heteroatoms. The Morgan fingerprint density at radius 1 is 1.33 bits per heavy atom. The molecule has 0 aromatic heterocycles. The van der Waals surface area contributed by atoms with Gasteiger partial charge in [-0.1, -0.05) is 45.9 Å². The Hall–Kier alpha value is -0.360. The molecule has 166 valence electrons. The van der Waals surface area contributed by atoms with E-state index in [-0.39, 0.29) is 83.0 Å². The van der Waals surface area contributed by atoms with E-state index in [2.05, 4.69) is 32.1 Å². The summed E-state index contributed by atoms with van der Waals surface area (Å²) < 4.78 is 11.5. The standard InChI is InChI=1S/C24H36O5.Ca.2H/c1-5-15(3)24(27)29-21-11-14(2)10-17-7-6-16(4)20(23(17)21)9-8-19-12-18(25)13-22(26)28-19;;;/h6-7,10,14-16,18-21,23,25H,5,8-9,11-13H2,1-4H3;;;/q;+2;2*-1/t14-,15-,16-,18+,19+,20-,21-,23-;;;/m0.../s1. The zero-order chi connectivity index (χ0) is 21.1. The Morgan fingerprint density at radius 2 is 2.07 bits per heavy atom. The van der Waals surface area contributed by atoms with Gasteiger partial charge in [0.15, 0.2) is 0 Å². The SMILES string of the molecule is CC[C@H](C)C(=O)O[C@H]1C[C@@H](C)C=C2C=C[C@H](C)[C@H](CC[C@@H]3C[C@@H](O)CC(=O)O3)[C@H]21.[Ca+2].[H-].[H-]. The zero-order valence-electron chi connectivity index (χ0n) is 20.9. The van der Waals surface area contributed by atoms with Crippen LogP contribution in [-0.4, -0.2) is 73.1 Å². The molecule has 0 aromatic carbocycles. The first-order valence-corrected chi connectivity index (χ1v) is 11.3. The van der Waals surface area contributed by atoms with Crippen molar-refractivity contribution in [3.05, 3.63) is 23.8 Å². The van der Waals surface area contributed by atoms with Gasteiger partial charge in [0, 0.05) is 12.3 Å². The van der Waals surface area contributed by atoms with Crippen molar-refractivity contribution in [2.45, 2.75) is 84.5 Å². The summed E-state index contributed by atoms with van der Waals surface area (Å²) in [6, 6.07) is 0. The Labute approximate surface area is 213 Å². The average molecular weight is 447 g/mol. The van der Waals surface area contributed by atoms with E-state index < -0.39 is 6.10 Å². The maximum atomic E-state index is 12.5. The summed E-state index contributed by atoms with van der Waals surface area (Å²) in [5.41, 5.74) is 1.27. The van der Waals surface area contributed by atoms with Gasteiger partial charge < -0.3 is 17.4 Å². The smallest absolute Gasteiger partial charge is 1.00 e. The fourth-order valence-corrected chi connectivity index (χ4v) is 5.07. The topological polar surface area (TPSA) is 72.8 Å². The molecular formula is C24H38CaO5. The van der Waals surface area contributed by atoms with Gasteiger partial charge in [-0.25, -0.2) is 0 Å². The van der Waals surface area contributed by atoms with Crippen LogP contribution in [0.1, 0.15) is 69.1 Å². The number of hydrogen-bond donors (Lipinski definition) is 1. The molecule has 3 aliphatic rings. The molecule has 0 saturated carbocycles. The van der Waals surface area contributed by atoms with Crippen molar-refractivity contribution in [1.29, 1.82) is 0 Å². The predicted molar refractivity (Wildman–Crippen MR) is 119 cm³/mol. The quantitative estimate of drug-likeness (QED) is 0.492. The molecular weight excluding hydrogens is 408 g/mol. The van der Waals surface area contributed by atoms with E-state index in [1.54, 1.807) is 0 Å². The summed E-state index contributed by atoms with van der Waals surface area (Å²) in [4.78, 5) is 24.2. The minimum absolute atomic E-state index is 0. The first-order valence-electron chi connectivity index (χ1n) is 11.3. The number of carbonyl (C=O) groups is 2. The third kappa shape index (κ3) is 6.34.